The highest BCUT2D eigenvalue weighted by atomic mass is 16.5. The molecule has 0 aliphatic heterocycles. The van der Waals surface area contributed by atoms with Gasteiger partial charge in [0.1, 0.15) is 5.69 Å². The van der Waals surface area contributed by atoms with Crippen LogP contribution in [0.3, 0.4) is 0 Å². The number of primary amides is 1. The fraction of sp³-hybridized carbons (Fsp3) is 0.208. The number of hydrogen-bond donors (Lipinski definition) is 2. The van der Waals surface area contributed by atoms with Crippen molar-refractivity contribution in [2.45, 2.75) is 27.3 Å². The van der Waals surface area contributed by atoms with Gasteiger partial charge in [-0.1, -0.05) is 42.5 Å². The average molecular weight is 419 g/mol. The molecule has 1 aromatic heterocycles. The van der Waals surface area contributed by atoms with Crippen LogP contribution >= 0.6 is 0 Å². The average Bonchev–Trinajstić information content (AvgIpc) is 2.98. The summed E-state index contributed by atoms with van der Waals surface area (Å²) in [6.07, 6.45) is 0. The van der Waals surface area contributed by atoms with Gasteiger partial charge in [0.15, 0.2) is 0 Å². The highest BCUT2D eigenvalue weighted by molar-refractivity contribution is 6.11. The molecule has 0 saturated heterocycles. The van der Waals surface area contributed by atoms with Crippen molar-refractivity contribution in [1.29, 1.82) is 0 Å². The van der Waals surface area contributed by atoms with Crippen LogP contribution in [0, 0.1) is 13.8 Å². The summed E-state index contributed by atoms with van der Waals surface area (Å²) < 4.78 is 7.04. The molecule has 7 heteroatoms. The minimum Gasteiger partial charge on any atom is -0.461 e. The zero-order valence-electron chi connectivity index (χ0n) is 17.8. The van der Waals surface area contributed by atoms with Crippen LogP contribution in [0.5, 0.6) is 0 Å². The quantitative estimate of drug-likeness (QED) is 0.570. The van der Waals surface area contributed by atoms with Crippen LogP contribution in [0.2, 0.25) is 0 Å². The Morgan fingerprint density at radius 1 is 1.00 bits per heavy atom. The standard InChI is InChI=1S/C24H25N3O4/c1-4-31-24(30)21-15(2)20(16(3)27(21)14-17-10-6-5-7-11-17)23(29)26-19-13-9-8-12-18(19)22(25)28/h5-13H,4,14H2,1-3H3,(H2,25,28)(H,26,29). The fourth-order valence-electron chi connectivity index (χ4n) is 3.65. The van der Waals surface area contributed by atoms with Gasteiger partial charge in [-0.05, 0) is 44.0 Å². The smallest absolute Gasteiger partial charge is 0.355 e. The molecule has 0 atom stereocenters. The molecule has 31 heavy (non-hydrogen) atoms. The van der Waals surface area contributed by atoms with E-state index >= 15 is 0 Å². The number of carbonyl (C=O) groups excluding carboxylic acids is 3. The summed E-state index contributed by atoms with van der Waals surface area (Å²) in [5, 5.41) is 2.76. The molecule has 3 aromatic rings. The highest BCUT2D eigenvalue weighted by Crippen LogP contribution is 2.26. The molecule has 0 saturated carbocycles. The number of nitrogens with zero attached hydrogens (tertiary/aromatic N) is 1. The summed E-state index contributed by atoms with van der Waals surface area (Å²) in [5.74, 6) is -1.56. The second-order valence-corrected chi connectivity index (χ2v) is 7.09. The van der Waals surface area contributed by atoms with Crippen molar-refractivity contribution in [1.82, 2.24) is 4.57 Å². The first-order valence-electron chi connectivity index (χ1n) is 9.96. The summed E-state index contributed by atoms with van der Waals surface area (Å²) >= 11 is 0. The lowest BCUT2D eigenvalue weighted by molar-refractivity contribution is 0.0513. The molecule has 160 valence electrons. The van der Waals surface area contributed by atoms with Gasteiger partial charge >= 0.3 is 5.97 Å². The van der Waals surface area contributed by atoms with Gasteiger partial charge in [-0.3, -0.25) is 9.59 Å². The molecule has 0 bridgehead atoms. The molecule has 0 unspecified atom stereocenters. The first-order valence-corrected chi connectivity index (χ1v) is 9.96. The van der Waals surface area contributed by atoms with E-state index in [2.05, 4.69) is 5.32 Å². The summed E-state index contributed by atoms with van der Waals surface area (Å²) in [6.45, 7) is 5.87. The van der Waals surface area contributed by atoms with Crippen LogP contribution < -0.4 is 11.1 Å². The van der Waals surface area contributed by atoms with Crippen molar-refractivity contribution in [2.75, 3.05) is 11.9 Å². The van der Waals surface area contributed by atoms with Gasteiger partial charge in [-0.25, -0.2) is 4.79 Å². The molecule has 7 nitrogen and oxygen atoms in total. The van der Waals surface area contributed by atoms with E-state index in [9.17, 15) is 14.4 Å². The Bertz CT molecular complexity index is 1130. The van der Waals surface area contributed by atoms with Crippen molar-refractivity contribution < 1.29 is 19.1 Å². The van der Waals surface area contributed by atoms with Gasteiger partial charge in [0.25, 0.3) is 11.8 Å². The monoisotopic (exact) mass is 419 g/mol. The maximum absolute atomic E-state index is 13.2. The first-order chi connectivity index (χ1) is 14.8. The first kappa shape index (κ1) is 21.8. The van der Waals surface area contributed by atoms with Crippen molar-refractivity contribution in [3.63, 3.8) is 0 Å². The Morgan fingerprint density at radius 2 is 1.65 bits per heavy atom. The second kappa shape index (κ2) is 9.30. The lowest BCUT2D eigenvalue weighted by Gasteiger charge is -2.12. The summed E-state index contributed by atoms with van der Waals surface area (Å²) in [7, 11) is 0. The number of hydrogen-bond acceptors (Lipinski definition) is 4. The van der Waals surface area contributed by atoms with E-state index in [-0.39, 0.29) is 12.2 Å². The summed E-state index contributed by atoms with van der Waals surface area (Å²) in [5.41, 5.74) is 8.75. The molecular formula is C24H25N3O4. The third kappa shape index (κ3) is 4.50. The molecule has 0 radical (unpaired) electrons. The topological polar surface area (TPSA) is 103 Å². The van der Waals surface area contributed by atoms with Crippen molar-refractivity contribution in [3.05, 3.63) is 88.2 Å². The van der Waals surface area contributed by atoms with Crippen LogP contribution in [0.1, 0.15) is 54.9 Å². The number of anilines is 1. The molecule has 0 fully saturated rings. The van der Waals surface area contributed by atoms with Crippen LogP contribution in [0.4, 0.5) is 5.69 Å². The molecule has 2 amide bonds. The number of para-hydroxylation sites is 1. The number of rotatable bonds is 7. The molecule has 0 aliphatic rings. The number of ether oxygens (including phenoxy) is 1. The van der Waals surface area contributed by atoms with E-state index in [1.165, 1.54) is 0 Å². The molecule has 0 aliphatic carbocycles. The van der Waals surface area contributed by atoms with Crippen molar-refractivity contribution in [2.24, 2.45) is 5.73 Å². The van der Waals surface area contributed by atoms with Gasteiger partial charge in [-0.15, -0.1) is 0 Å². The number of carbonyl (C=O) groups is 3. The van der Waals surface area contributed by atoms with E-state index < -0.39 is 17.8 Å². The third-order valence-electron chi connectivity index (χ3n) is 5.09. The molecule has 2 aromatic carbocycles. The number of benzene rings is 2. The zero-order chi connectivity index (χ0) is 22.5. The Labute approximate surface area is 180 Å². The Kier molecular flexibility index (Phi) is 6.55. The largest absolute Gasteiger partial charge is 0.461 e. The van der Waals surface area contributed by atoms with E-state index in [0.717, 1.165) is 5.56 Å². The van der Waals surface area contributed by atoms with Crippen LogP contribution in [0.15, 0.2) is 54.6 Å². The number of nitrogens with two attached hydrogens (primary N) is 1. The summed E-state index contributed by atoms with van der Waals surface area (Å²) in [4.78, 5) is 37.6. The van der Waals surface area contributed by atoms with Crippen LogP contribution in [0.25, 0.3) is 0 Å². The molecule has 1 heterocycles. The SMILES string of the molecule is CCOC(=O)c1c(C)c(C(=O)Nc2ccccc2C(N)=O)c(C)n1Cc1ccccc1. The van der Waals surface area contributed by atoms with E-state index in [4.69, 9.17) is 10.5 Å². The van der Waals surface area contributed by atoms with Gasteiger partial charge < -0.3 is 20.4 Å². The van der Waals surface area contributed by atoms with Crippen LogP contribution in [-0.4, -0.2) is 29.0 Å². The number of esters is 1. The molecule has 3 rings (SSSR count). The Morgan fingerprint density at radius 3 is 2.29 bits per heavy atom. The number of aromatic nitrogens is 1. The minimum atomic E-state index is -0.641. The van der Waals surface area contributed by atoms with Gasteiger partial charge in [0.05, 0.1) is 23.4 Å². The van der Waals surface area contributed by atoms with Crippen molar-refractivity contribution in [3.8, 4) is 0 Å². The maximum atomic E-state index is 13.2. The number of amides is 2. The van der Waals surface area contributed by atoms with Gasteiger partial charge in [0.2, 0.25) is 0 Å². The Balaban J connectivity index is 2.06. The third-order valence-corrected chi connectivity index (χ3v) is 5.09. The van der Waals surface area contributed by atoms with Gasteiger partial charge in [0, 0.05) is 12.2 Å². The molecule has 3 N–H and O–H groups in total. The minimum absolute atomic E-state index is 0.209. The maximum Gasteiger partial charge on any atom is 0.355 e. The van der Waals surface area contributed by atoms with Crippen LogP contribution in [-0.2, 0) is 11.3 Å². The number of nitrogens with one attached hydrogen (secondary N) is 1. The second-order valence-electron chi connectivity index (χ2n) is 7.09. The summed E-state index contributed by atoms with van der Waals surface area (Å²) in [6, 6.07) is 16.2. The predicted molar refractivity (Wildman–Crippen MR) is 118 cm³/mol. The lowest BCUT2D eigenvalue weighted by Crippen LogP contribution is -2.19. The molecular weight excluding hydrogens is 394 g/mol. The fourth-order valence-corrected chi connectivity index (χ4v) is 3.65. The van der Waals surface area contributed by atoms with Crippen molar-refractivity contribution >= 4 is 23.5 Å². The van der Waals surface area contributed by atoms with Gasteiger partial charge in [-0.2, -0.15) is 0 Å². The van der Waals surface area contributed by atoms with E-state index in [1.807, 2.05) is 30.3 Å². The van der Waals surface area contributed by atoms with E-state index in [1.54, 1.807) is 49.6 Å². The predicted octanol–water partition coefficient (Wildman–Crippen LogP) is 3.68. The Hall–Kier alpha value is -3.87. The molecule has 0 spiro atoms. The lowest BCUT2D eigenvalue weighted by atomic mass is 10.1. The normalized spacial score (nSPS) is 10.5. The van der Waals surface area contributed by atoms with E-state index in [0.29, 0.717) is 34.7 Å². The highest BCUT2D eigenvalue weighted by Gasteiger charge is 2.27. The zero-order valence-corrected chi connectivity index (χ0v) is 17.8.